The molecule has 4 rings (SSSR count). The molecule has 2 heterocycles. The van der Waals surface area contributed by atoms with Crippen LogP contribution < -0.4 is 10.1 Å². The molecule has 7 nitrogen and oxygen atoms in total. The van der Waals surface area contributed by atoms with Crippen molar-refractivity contribution >= 4 is 17.2 Å². The summed E-state index contributed by atoms with van der Waals surface area (Å²) in [6, 6.07) is 13.6. The van der Waals surface area contributed by atoms with Gasteiger partial charge >= 0.3 is 0 Å². The Hall–Kier alpha value is -3.59. The zero-order chi connectivity index (χ0) is 22.7. The van der Waals surface area contributed by atoms with Crippen LogP contribution in [0.25, 0.3) is 16.4 Å². The number of hydrogen-bond donors (Lipinski definition) is 1. The van der Waals surface area contributed by atoms with Gasteiger partial charge in [0, 0.05) is 6.54 Å². The standard InChI is InChI=1S/C23H22FN5O2S/c1-4-31-19-11-9-18(10-12-19)29-15(3)20(27-28-29)23-26-14(2)21(32-23)22(30)25-13-16-5-7-17(24)8-6-16/h5-12H,4,13H2,1-3H3,(H,25,30). The minimum atomic E-state index is -0.309. The van der Waals surface area contributed by atoms with Gasteiger partial charge in [-0.3, -0.25) is 4.79 Å². The van der Waals surface area contributed by atoms with E-state index in [1.807, 2.05) is 38.1 Å². The number of benzene rings is 2. The molecule has 0 aliphatic heterocycles. The summed E-state index contributed by atoms with van der Waals surface area (Å²) in [5.41, 5.74) is 3.74. The molecular formula is C23H22FN5O2S. The molecule has 0 unspecified atom stereocenters. The zero-order valence-electron chi connectivity index (χ0n) is 17.9. The van der Waals surface area contributed by atoms with Crippen molar-refractivity contribution in [3.63, 3.8) is 0 Å². The first-order chi connectivity index (χ1) is 15.5. The third kappa shape index (κ3) is 4.52. The Balaban J connectivity index is 1.52. The van der Waals surface area contributed by atoms with E-state index in [1.54, 1.807) is 23.7 Å². The predicted octanol–water partition coefficient (Wildman–Crippen LogP) is 4.48. The number of aromatic nitrogens is 4. The Kier molecular flexibility index (Phi) is 6.27. The third-order valence-corrected chi connectivity index (χ3v) is 6.02. The molecule has 2 aromatic carbocycles. The number of nitrogens with zero attached hydrogens (tertiary/aromatic N) is 4. The molecule has 0 aliphatic carbocycles. The average molecular weight is 452 g/mol. The normalized spacial score (nSPS) is 10.9. The Morgan fingerprint density at radius 3 is 2.53 bits per heavy atom. The van der Waals surface area contributed by atoms with Crippen LogP contribution in [0.4, 0.5) is 4.39 Å². The maximum atomic E-state index is 13.0. The van der Waals surface area contributed by atoms with E-state index in [0.717, 1.165) is 22.7 Å². The SMILES string of the molecule is CCOc1ccc(-n2nnc(-c3nc(C)c(C(=O)NCc4ccc(F)cc4)s3)c2C)cc1. The van der Waals surface area contributed by atoms with E-state index < -0.39 is 0 Å². The van der Waals surface area contributed by atoms with Crippen LogP contribution >= 0.6 is 11.3 Å². The van der Waals surface area contributed by atoms with E-state index in [0.29, 0.717) is 34.4 Å². The average Bonchev–Trinajstić information content (AvgIpc) is 3.36. The van der Waals surface area contributed by atoms with E-state index in [1.165, 1.54) is 23.5 Å². The van der Waals surface area contributed by atoms with Gasteiger partial charge in [-0.15, -0.1) is 16.4 Å². The van der Waals surface area contributed by atoms with Gasteiger partial charge in [-0.1, -0.05) is 17.3 Å². The van der Waals surface area contributed by atoms with Crippen molar-refractivity contribution in [2.75, 3.05) is 6.61 Å². The second kappa shape index (κ2) is 9.27. The second-order valence-corrected chi connectivity index (χ2v) is 8.10. The lowest BCUT2D eigenvalue weighted by Crippen LogP contribution is -2.22. The highest BCUT2D eigenvalue weighted by Crippen LogP contribution is 2.29. The number of carbonyl (C=O) groups is 1. The molecule has 0 saturated carbocycles. The number of halogens is 1. The van der Waals surface area contributed by atoms with E-state index in [2.05, 4.69) is 20.6 Å². The summed E-state index contributed by atoms with van der Waals surface area (Å²) in [4.78, 5) is 17.7. The molecule has 0 radical (unpaired) electrons. The van der Waals surface area contributed by atoms with Gasteiger partial charge < -0.3 is 10.1 Å². The summed E-state index contributed by atoms with van der Waals surface area (Å²) in [6.45, 7) is 6.55. The number of thiazole rings is 1. The summed E-state index contributed by atoms with van der Waals surface area (Å²) in [7, 11) is 0. The summed E-state index contributed by atoms with van der Waals surface area (Å²) in [5.74, 6) is 0.255. The highest BCUT2D eigenvalue weighted by molar-refractivity contribution is 7.17. The quantitative estimate of drug-likeness (QED) is 0.448. The third-order valence-electron chi connectivity index (χ3n) is 4.86. The first-order valence-corrected chi connectivity index (χ1v) is 10.9. The zero-order valence-corrected chi connectivity index (χ0v) is 18.7. The molecule has 0 spiro atoms. The van der Waals surface area contributed by atoms with Crippen molar-refractivity contribution in [2.24, 2.45) is 0 Å². The summed E-state index contributed by atoms with van der Waals surface area (Å²) in [6.07, 6.45) is 0. The largest absolute Gasteiger partial charge is 0.494 e. The lowest BCUT2D eigenvalue weighted by Gasteiger charge is -2.06. The number of hydrogen-bond acceptors (Lipinski definition) is 6. The van der Waals surface area contributed by atoms with Gasteiger partial charge in [0.1, 0.15) is 27.1 Å². The minimum Gasteiger partial charge on any atom is -0.494 e. The molecule has 32 heavy (non-hydrogen) atoms. The number of amides is 1. The molecule has 2 aromatic heterocycles. The van der Waals surface area contributed by atoms with Gasteiger partial charge in [0.05, 0.1) is 23.7 Å². The molecule has 9 heteroatoms. The van der Waals surface area contributed by atoms with E-state index in [-0.39, 0.29) is 11.7 Å². The second-order valence-electron chi connectivity index (χ2n) is 7.10. The molecule has 0 aliphatic rings. The van der Waals surface area contributed by atoms with E-state index >= 15 is 0 Å². The maximum Gasteiger partial charge on any atom is 0.263 e. The van der Waals surface area contributed by atoms with Gasteiger partial charge in [-0.25, -0.2) is 14.1 Å². The molecule has 0 atom stereocenters. The van der Waals surface area contributed by atoms with Crippen molar-refractivity contribution in [2.45, 2.75) is 27.3 Å². The Morgan fingerprint density at radius 2 is 1.84 bits per heavy atom. The monoisotopic (exact) mass is 451 g/mol. The molecule has 0 fully saturated rings. The topological polar surface area (TPSA) is 81.9 Å². The van der Waals surface area contributed by atoms with Gasteiger partial charge in [0.15, 0.2) is 0 Å². The first kappa shape index (κ1) is 21.6. The lowest BCUT2D eigenvalue weighted by molar-refractivity contribution is 0.0954. The smallest absolute Gasteiger partial charge is 0.263 e. The minimum absolute atomic E-state index is 0.230. The van der Waals surface area contributed by atoms with Crippen molar-refractivity contribution in [3.05, 3.63) is 76.2 Å². The fourth-order valence-electron chi connectivity index (χ4n) is 3.20. The van der Waals surface area contributed by atoms with Crippen molar-refractivity contribution in [3.8, 4) is 22.1 Å². The highest BCUT2D eigenvalue weighted by Gasteiger charge is 2.20. The number of ether oxygens (including phenoxy) is 1. The van der Waals surface area contributed by atoms with Crippen LogP contribution in [0.3, 0.4) is 0 Å². The fraction of sp³-hybridized carbons (Fsp3) is 0.217. The summed E-state index contributed by atoms with van der Waals surface area (Å²) < 4.78 is 20.3. The Morgan fingerprint density at radius 1 is 1.12 bits per heavy atom. The molecule has 4 aromatic rings. The highest BCUT2D eigenvalue weighted by atomic mass is 32.1. The molecule has 164 valence electrons. The lowest BCUT2D eigenvalue weighted by atomic mass is 10.2. The molecule has 0 saturated heterocycles. The number of rotatable bonds is 7. The van der Waals surface area contributed by atoms with E-state index in [9.17, 15) is 9.18 Å². The maximum absolute atomic E-state index is 13.0. The Labute approximate surface area is 188 Å². The number of aryl methyl sites for hydroxylation is 1. The van der Waals surface area contributed by atoms with Gasteiger partial charge in [-0.05, 0) is 62.7 Å². The van der Waals surface area contributed by atoms with Gasteiger partial charge in [0.25, 0.3) is 5.91 Å². The van der Waals surface area contributed by atoms with Crippen LogP contribution in [-0.4, -0.2) is 32.5 Å². The predicted molar refractivity (Wildman–Crippen MR) is 121 cm³/mol. The molecular weight excluding hydrogens is 429 g/mol. The van der Waals surface area contributed by atoms with Crippen molar-refractivity contribution in [1.29, 1.82) is 0 Å². The van der Waals surface area contributed by atoms with Crippen LogP contribution in [0.15, 0.2) is 48.5 Å². The van der Waals surface area contributed by atoms with Crippen molar-refractivity contribution < 1.29 is 13.9 Å². The number of carbonyl (C=O) groups excluding carboxylic acids is 1. The summed E-state index contributed by atoms with van der Waals surface area (Å²) in [5, 5.41) is 12.1. The fourth-order valence-corrected chi connectivity index (χ4v) is 4.21. The Bertz CT molecular complexity index is 1230. The molecule has 1 amide bonds. The first-order valence-electron chi connectivity index (χ1n) is 10.1. The number of nitrogens with one attached hydrogen (secondary N) is 1. The van der Waals surface area contributed by atoms with Crippen LogP contribution in [0.5, 0.6) is 5.75 Å². The van der Waals surface area contributed by atoms with Crippen molar-refractivity contribution in [1.82, 2.24) is 25.3 Å². The van der Waals surface area contributed by atoms with Crippen LogP contribution in [0.1, 0.15) is 33.5 Å². The molecule has 0 bridgehead atoms. The molecule has 1 N–H and O–H groups in total. The van der Waals surface area contributed by atoms with Crippen LogP contribution in [0.2, 0.25) is 0 Å². The van der Waals surface area contributed by atoms with Gasteiger partial charge in [0.2, 0.25) is 0 Å². The van der Waals surface area contributed by atoms with E-state index in [4.69, 9.17) is 4.74 Å². The summed E-state index contributed by atoms with van der Waals surface area (Å²) >= 11 is 1.27. The van der Waals surface area contributed by atoms with Crippen LogP contribution in [0, 0.1) is 19.7 Å². The van der Waals surface area contributed by atoms with Crippen LogP contribution in [-0.2, 0) is 6.54 Å². The van der Waals surface area contributed by atoms with Gasteiger partial charge in [-0.2, -0.15) is 0 Å².